The summed E-state index contributed by atoms with van der Waals surface area (Å²) < 4.78 is 0. The Kier molecular flexibility index (Phi) is 7.02. The molecule has 0 radical (unpaired) electrons. The molecular formula is C24H34. The zero-order valence-corrected chi connectivity index (χ0v) is 16.7. The van der Waals surface area contributed by atoms with Gasteiger partial charge in [-0.25, -0.2) is 0 Å². The largest absolute Gasteiger partial charge is 0.0988 e. The quantitative estimate of drug-likeness (QED) is 0.472. The summed E-state index contributed by atoms with van der Waals surface area (Å²) in [6.07, 6.45) is 3.92. The van der Waals surface area contributed by atoms with Gasteiger partial charge in [0.05, 0.1) is 0 Å². The van der Waals surface area contributed by atoms with Crippen molar-refractivity contribution in [2.24, 2.45) is 0 Å². The van der Waals surface area contributed by atoms with Gasteiger partial charge in [-0.1, -0.05) is 83.7 Å². The van der Waals surface area contributed by atoms with E-state index in [-0.39, 0.29) is 5.41 Å². The van der Waals surface area contributed by atoms with Crippen LogP contribution in [0.4, 0.5) is 0 Å². The Bertz CT molecular complexity index is 655. The minimum absolute atomic E-state index is 0.172. The van der Waals surface area contributed by atoms with Crippen molar-refractivity contribution in [3.05, 3.63) is 76.9 Å². The van der Waals surface area contributed by atoms with Crippen LogP contribution in [0, 0.1) is 0 Å². The molecule has 0 aromatic heterocycles. The molecule has 0 N–H and O–H groups in total. The standard InChI is InChI=1S/C24H34/c1-10-17(4)19(6)23(22(12-3)18(5)11-2)20-13-15-21(16-14-20)24(7,8)9/h11,13-16H,2,4,10,12H2,1,3,5-9H3/b22-18+,23-19-. The first-order valence-corrected chi connectivity index (χ1v) is 8.99. The molecule has 1 aromatic rings. The second kappa shape index (κ2) is 8.33. The van der Waals surface area contributed by atoms with Crippen LogP contribution in [-0.4, -0.2) is 0 Å². The SMILES string of the molecule is C=C/C(C)=C(CC)/C(=C(/C)C(=C)CC)c1ccc(C(C)(C)C)cc1. The van der Waals surface area contributed by atoms with Crippen LogP contribution in [-0.2, 0) is 5.41 Å². The first kappa shape index (κ1) is 20.2. The third-order valence-corrected chi connectivity index (χ3v) is 4.81. The first-order valence-electron chi connectivity index (χ1n) is 8.99. The van der Waals surface area contributed by atoms with Crippen LogP contribution >= 0.6 is 0 Å². The molecule has 0 unspecified atom stereocenters. The molecule has 0 spiro atoms. The Labute approximate surface area is 149 Å². The molecule has 0 aliphatic carbocycles. The van der Waals surface area contributed by atoms with Gasteiger partial charge in [-0.3, -0.25) is 0 Å². The third kappa shape index (κ3) is 4.60. The Morgan fingerprint density at radius 2 is 1.54 bits per heavy atom. The topological polar surface area (TPSA) is 0 Å². The zero-order valence-electron chi connectivity index (χ0n) is 16.7. The fourth-order valence-electron chi connectivity index (χ4n) is 2.97. The third-order valence-electron chi connectivity index (χ3n) is 4.81. The molecule has 0 saturated carbocycles. The monoisotopic (exact) mass is 322 g/mol. The maximum Gasteiger partial charge on any atom is -0.0118 e. The number of rotatable bonds is 6. The molecule has 0 heterocycles. The van der Waals surface area contributed by atoms with Gasteiger partial charge in [0.1, 0.15) is 0 Å². The molecule has 130 valence electrons. The summed E-state index contributed by atoms with van der Waals surface area (Å²) in [7, 11) is 0. The second-order valence-corrected chi connectivity index (χ2v) is 7.50. The fourth-order valence-corrected chi connectivity index (χ4v) is 2.97. The number of benzene rings is 1. The Hall–Kier alpha value is -1.82. The van der Waals surface area contributed by atoms with Gasteiger partial charge in [0.25, 0.3) is 0 Å². The molecule has 0 amide bonds. The minimum atomic E-state index is 0.172. The van der Waals surface area contributed by atoms with Crippen LogP contribution in [0.2, 0.25) is 0 Å². The Morgan fingerprint density at radius 3 is 1.92 bits per heavy atom. The van der Waals surface area contributed by atoms with Gasteiger partial charge >= 0.3 is 0 Å². The molecule has 24 heavy (non-hydrogen) atoms. The van der Waals surface area contributed by atoms with E-state index in [0.717, 1.165) is 12.8 Å². The van der Waals surface area contributed by atoms with Crippen molar-refractivity contribution in [2.75, 3.05) is 0 Å². The smallest absolute Gasteiger partial charge is 0.0118 e. The van der Waals surface area contributed by atoms with Crippen molar-refractivity contribution in [2.45, 2.75) is 66.7 Å². The second-order valence-electron chi connectivity index (χ2n) is 7.50. The van der Waals surface area contributed by atoms with E-state index in [4.69, 9.17) is 0 Å². The summed E-state index contributed by atoms with van der Waals surface area (Å²) in [6.45, 7) is 23.7. The molecule has 0 heteroatoms. The number of allylic oxidation sites excluding steroid dienone is 6. The van der Waals surface area contributed by atoms with E-state index < -0.39 is 0 Å². The van der Waals surface area contributed by atoms with E-state index in [1.54, 1.807) is 0 Å². The summed E-state index contributed by atoms with van der Waals surface area (Å²) in [4.78, 5) is 0. The Balaban J connectivity index is 3.62. The van der Waals surface area contributed by atoms with Gasteiger partial charge in [0.15, 0.2) is 0 Å². The van der Waals surface area contributed by atoms with Crippen LogP contribution in [0.5, 0.6) is 0 Å². The highest BCUT2D eigenvalue weighted by Gasteiger charge is 2.16. The van der Waals surface area contributed by atoms with Crippen LogP contribution in [0.1, 0.15) is 72.4 Å². The molecule has 0 fully saturated rings. The van der Waals surface area contributed by atoms with Gasteiger partial charge in [-0.2, -0.15) is 0 Å². The van der Waals surface area contributed by atoms with Crippen molar-refractivity contribution in [1.29, 1.82) is 0 Å². The summed E-state index contributed by atoms with van der Waals surface area (Å²) in [5, 5.41) is 0. The van der Waals surface area contributed by atoms with Crippen LogP contribution < -0.4 is 0 Å². The van der Waals surface area contributed by atoms with Crippen LogP contribution in [0.3, 0.4) is 0 Å². The van der Waals surface area contributed by atoms with Crippen LogP contribution in [0.25, 0.3) is 5.57 Å². The van der Waals surface area contributed by atoms with Gasteiger partial charge in [0, 0.05) is 0 Å². The maximum absolute atomic E-state index is 4.27. The molecule has 1 rings (SSSR count). The molecular weight excluding hydrogens is 288 g/mol. The number of hydrogen-bond acceptors (Lipinski definition) is 0. The molecule has 0 aliphatic rings. The van der Waals surface area contributed by atoms with E-state index in [2.05, 4.69) is 85.9 Å². The normalized spacial score (nSPS) is 14.0. The molecule has 0 bridgehead atoms. The molecule has 0 atom stereocenters. The minimum Gasteiger partial charge on any atom is -0.0988 e. The molecule has 0 aliphatic heterocycles. The van der Waals surface area contributed by atoms with Gasteiger partial charge in [-0.15, -0.1) is 0 Å². The zero-order chi connectivity index (χ0) is 18.5. The van der Waals surface area contributed by atoms with Crippen molar-refractivity contribution in [3.8, 4) is 0 Å². The summed E-state index contributed by atoms with van der Waals surface area (Å²) in [5.41, 5.74) is 9.23. The fraction of sp³-hybridized carbons (Fsp3) is 0.417. The highest BCUT2D eigenvalue weighted by molar-refractivity contribution is 5.84. The first-order chi connectivity index (χ1) is 11.2. The van der Waals surface area contributed by atoms with Gasteiger partial charge < -0.3 is 0 Å². The van der Waals surface area contributed by atoms with Crippen molar-refractivity contribution in [3.63, 3.8) is 0 Å². The van der Waals surface area contributed by atoms with Crippen molar-refractivity contribution < 1.29 is 0 Å². The van der Waals surface area contributed by atoms with Crippen LogP contribution in [0.15, 0.2) is 65.8 Å². The lowest BCUT2D eigenvalue weighted by Crippen LogP contribution is -2.10. The lowest BCUT2D eigenvalue weighted by molar-refractivity contribution is 0.590. The average Bonchev–Trinajstić information content (AvgIpc) is 2.56. The summed E-state index contributed by atoms with van der Waals surface area (Å²) >= 11 is 0. The highest BCUT2D eigenvalue weighted by Crippen LogP contribution is 2.35. The van der Waals surface area contributed by atoms with Crippen molar-refractivity contribution >= 4 is 5.57 Å². The summed E-state index contributed by atoms with van der Waals surface area (Å²) in [6, 6.07) is 9.03. The lowest BCUT2D eigenvalue weighted by atomic mass is 9.83. The average molecular weight is 323 g/mol. The molecule has 0 nitrogen and oxygen atoms in total. The highest BCUT2D eigenvalue weighted by atomic mass is 14.2. The van der Waals surface area contributed by atoms with E-state index in [1.807, 2.05) is 6.08 Å². The summed E-state index contributed by atoms with van der Waals surface area (Å²) in [5.74, 6) is 0. The van der Waals surface area contributed by atoms with E-state index in [0.29, 0.717) is 0 Å². The molecule has 0 saturated heterocycles. The van der Waals surface area contributed by atoms with E-state index in [9.17, 15) is 0 Å². The van der Waals surface area contributed by atoms with Gasteiger partial charge in [0.2, 0.25) is 0 Å². The molecule has 1 aromatic carbocycles. The number of hydrogen-bond donors (Lipinski definition) is 0. The van der Waals surface area contributed by atoms with Gasteiger partial charge in [-0.05, 0) is 65.5 Å². The predicted molar refractivity (Wildman–Crippen MR) is 110 cm³/mol. The lowest BCUT2D eigenvalue weighted by Gasteiger charge is -2.22. The predicted octanol–water partition coefficient (Wildman–Crippen LogP) is 7.64. The van der Waals surface area contributed by atoms with Crippen molar-refractivity contribution in [1.82, 2.24) is 0 Å². The Morgan fingerprint density at radius 1 is 1.00 bits per heavy atom. The van der Waals surface area contributed by atoms with E-state index >= 15 is 0 Å². The van der Waals surface area contributed by atoms with E-state index in [1.165, 1.54) is 39.0 Å². The maximum atomic E-state index is 4.27.